The van der Waals surface area contributed by atoms with E-state index in [1.54, 1.807) is 11.3 Å². The summed E-state index contributed by atoms with van der Waals surface area (Å²) in [5, 5.41) is 8.97. The van der Waals surface area contributed by atoms with E-state index >= 15 is 0 Å². The van der Waals surface area contributed by atoms with E-state index < -0.39 is 0 Å². The lowest BCUT2D eigenvalue weighted by Gasteiger charge is -2.37. The molecular weight excluding hydrogens is 296 g/mol. The lowest BCUT2D eigenvalue weighted by Crippen LogP contribution is -2.50. The Morgan fingerprint density at radius 1 is 1.23 bits per heavy atom. The molecule has 6 nitrogen and oxygen atoms in total. The van der Waals surface area contributed by atoms with Gasteiger partial charge in [0.25, 0.3) is 0 Å². The predicted molar refractivity (Wildman–Crippen MR) is 92.8 cm³/mol. The van der Waals surface area contributed by atoms with Crippen LogP contribution in [0.5, 0.6) is 0 Å². The lowest BCUT2D eigenvalue weighted by atomic mass is 10.1. The van der Waals surface area contributed by atoms with Crippen molar-refractivity contribution in [3.05, 3.63) is 5.69 Å². The summed E-state index contributed by atoms with van der Waals surface area (Å²) in [7, 11) is 4.16. The van der Waals surface area contributed by atoms with Gasteiger partial charge in [-0.1, -0.05) is 18.3 Å². The van der Waals surface area contributed by atoms with Crippen LogP contribution in [0.3, 0.4) is 0 Å². The van der Waals surface area contributed by atoms with Gasteiger partial charge in [0.15, 0.2) is 10.8 Å². The van der Waals surface area contributed by atoms with Gasteiger partial charge in [-0.25, -0.2) is 9.67 Å². The molecule has 1 N–H and O–H groups in total. The molecule has 2 aromatic heterocycles. The number of hydrogen-bond donors (Lipinski definition) is 1. The molecule has 0 saturated carbocycles. The first-order valence-electron chi connectivity index (χ1n) is 8.05. The van der Waals surface area contributed by atoms with Crippen molar-refractivity contribution in [3.63, 3.8) is 0 Å². The Morgan fingerprint density at radius 2 is 1.95 bits per heavy atom. The minimum absolute atomic E-state index is 0.583. The molecule has 0 aromatic carbocycles. The molecule has 0 spiro atoms. The zero-order valence-corrected chi connectivity index (χ0v) is 14.8. The van der Waals surface area contributed by atoms with Crippen LogP contribution in [0, 0.1) is 6.92 Å². The quantitative estimate of drug-likeness (QED) is 0.909. The summed E-state index contributed by atoms with van der Waals surface area (Å²) >= 11 is 1.71. The molecular formula is C15H26N6S. The van der Waals surface area contributed by atoms with Crippen LogP contribution < -0.4 is 5.32 Å². The van der Waals surface area contributed by atoms with E-state index in [1.807, 2.05) is 18.7 Å². The van der Waals surface area contributed by atoms with Crippen LogP contribution >= 0.6 is 11.3 Å². The Kier molecular flexibility index (Phi) is 4.65. The Morgan fingerprint density at radius 3 is 2.59 bits per heavy atom. The minimum atomic E-state index is 0.583. The van der Waals surface area contributed by atoms with E-state index in [4.69, 9.17) is 0 Å². The third kappa shape index (κ3) is 3.11. The largest absolute Gasteiger partial charge is 0.360 e. The molecule has 0 unspecified atom stereocenters. The molecule has 3 rings (SSSR count). The molecule has 0 radical (unpaired) electrons. The fraction of sp³-hybridized carbons (Fsp3) is 0.733. The van der Waals surface area contributed by atoms with Gasteiger partial charge in [0, 0.05) is 45.8 Å². The van der Waals surface area contributed by atoms with Gasteiger partial charge in [0.05, 0.1) is 10.4 Å². The number of aryl methyl sites for hydroxylation is 2. The number of aromatic nitrogens is 3. The van der Waals surface area contributed by atoms with E-state index in [2.05, 4.69) is 39.2 Å². The van der Waals surface area contributed by atoms with Crippen LogP contribution in [0.25, 0.3) is 10.3 Å². The first-order valence-corrected chi connectivity index (χ1v) is 8.86. The van der Waals surface area contributed by atoms with E-state index in [9.17, 15) is 0 Å². The van der Waals surface area contributed by atoms with Gasteiger partial charge in [-0.2, -0.15) is 5.10 Å². The second-order valence-corrected chi connectivity index (χ2v) is 7.16. The molecule has 0 bridgehead atoms. The Bertz CT molecular complexity index is 591. The summed E-state index contributed by atoms with van der Waals surface area (Å²) < 4.78 is 3.06. The molecule has 22 heavy (non-hydrogen) atoms. The number of fused-ring (bicyclic) bond motifs is 1. The van der Waals surface area contributed by atoms with Crippen LogP contribution in [-0.4, -0.2) is 70.4 Å². The smallest absolute Gasteiger partial charge is 0.185 e. The average Bonchev–Trinajstić information content (AvgIpc) is 3.03. The number of anilines is 1. The third-order valence-electron chi connectivity index (χ3n) is 4.56. The summed E-state index contributed by atoms with van der Waals surface area (Å²) in [6, 6.07) is 0.583. The van der Waals surface area contributed by atoms with Crippen molar-refractivity contribution in [1.29, 1.82) is 0 Å². The maximum atomic E-state index is 4.68. The minimum Gasteiger partial charge on any atom is -0.360 e. The van der Waals surface area contributed by atoms with Gasteiger partial charge in [0.2, 0.25) is 0 Å². The molecule has 0 aliphatic carbocycles. The van der Waals surface area contributed by atoms with E-state index in [0.29, 0.717) is 6.04 Å². The fourth-order valence-electron chi connectivity index (χ4n) is 3.08. The summed E-state index contributed by atoms with van der Waals surface area (Å²) in [5.41, 5.74) is 2.05. The van der Waals surface area contributed by atoms with E-state index in [-0.39, 0.29) is 0 Å². The molecule has 1 fully saturated rings. The van der Waals surface area contributed by atoms with Crippen molar-refractivity contribution in [2.75, 3.05) is 45.1 Å². The van der Waals surface area contributed by atoms with Gasteiger partial charge >= 0.3 is 0 Å². The molecule has 1 aliphatic heterocycles. The molecule has 1 saturated heterocycles. The van der Waals surface area contributed by atoms with Crippen LogP contribution in [0.2, 0.25) is 0 Å². The predicted octanol–water partition coefficient (Wildman–Crippen LogP) is 1.78. The lowest BCUT2D eigenvalue weighted by molar-refractivity contribution is 0.114. The second-order valence-electron chi connectivity index (χ2n) is 6.16. The standard InChI is InChI=1S/C15H26N6S/c1-5-12(21-8-6-19(3)7-9-21)10-16-15-17-14-13(22-15)11(2)18-20(14)4/h12H,5-10H2,1-4H3,(H,16,17)/t12-/m1/s1. The molecule has 3 heterocycles. The number of nitrogens with zero attached hydrogens (tertiary/aromatic N) is 5. The van der Waals surface area contributed by atoms with Crippen molar-refractivity contribution >= 4 is 26.8 Å². The molecule has 0 amide bonds. The normalized spacial score (nSPS) is 18.9. The van der Waals surface area contributed by atoms with Gasteiger partial charge < -0.3 is 10.2 Å². The van der Waals surface area contributed by atoms with Crippen LogP contribution in [0.1, 0.15) is 19.0 Å². The zero-order chi connectivity index (χ0) is 15.7. The number of hydrogen-bond acceptors (Lipinski definition) is 6. The molecule has 122 valence electrons. The van der Waals surface area contributed by atoms with Crippen molar-refractivity contribution in [2.45, 2.75) is 26.3 Å². The monoisotopic (exact) mass is 322 g/mol. The Hall–Kier alpha value is -1.18. The third-order valence-corrected chi connectivity index (χ3v) is 5.67. The maximum absolute atomic E-state index is 4.68. The van der Waals surface area contributed by atoms with Gasteiger partial charge in [-0.3, -0.25) is 4.90 Å². The number of piperazine rings is 1. The van der Waals surface area contributed by atoms with Gasteiger partial charge in [0.1, 0.15) is 0 Å². The van der Waals surface area contributed by atoms with Crippen molar-refractivity contribution < 1.29 is 0 Å². The average molecular weight is 322 g/mol. The number of thiazole rings is 1. The number of nitrogens with one attached hydrogen (secondary N) is 1. The summed E-state index contributed by atoms with van der Waals surface area (Å²) in [4.78, 5) is 9.68. The number of likely N-dealkylation sites (N-methyl/N-ethyl adjacent to an activating group) is 1. The molecule has 1 atom stereocenters. The first kappa shape index (κ1) is 15.7. The first-order chi connectivity index (χ1) is 10.6. The van der Waals surface area contributed by atoms with Crippen molar-refractivity contribution in [3.8, 4) is 0 Å². The van der Waals surface area contributed by atoms with E-state index in [1.165, 1.54) is 37.3 Å². The topological polar surface area (TPSA) is 49.2 Å². The van der Waals surface area contributed by atoms with Crippen LogP contribution in [0.15, 0.2) is 0 Å². The zero-order valence-electron chi connectivity index (χ0n) is 14.0. The highest BCUT2D eigenvalue weighted by Gasteiger charge is 2.21. The Balaban J connectivity index is 1.63. The fourth-order valence-corrected chi connectivity index (χ4v) is 4.02. The van der Waals surface area contributed by atoms with Gasteiger partial charge in [-0.15, -0.1) is 0 Å². The Labute approximate surface area is 136 Å². The van der Waals surface area contributed by atoms with Crippen LogP contribution in [0.4, 0.5) is 5.13 Å². The molecule has 2 aromatic rings. The maximum Gasteiger partial charge on any atom is 0.185 e. The van der Waals surface area contributed by atoms with Crippen molar-refractivity contribution in [1.82, 2.24) is 24.6 Å². The highest BCUT2D eigenvalue weighted by Crippen LogP contribution is 2.28. The van der Waals surface area contributed by atoms with Crippen LogP contribution in [-0.2, 0) is 7.05 Å². The van der Waals surface area contributed by atoms with Gasteiger partial charge in [-0.05, 0) is 20.4 Å². The summed E-state index contributed by atoms with van der Waals surface area (Å²) in [5.74, 6) is 0. The highest BCUT2D eigenvalue weighted by atomic mass is 32.1. The second kappa shape index (κ2) is 6.52. The number of rotatable bonds is 5. The summed E-state index contributed by atoms with van der Waals surface area (Å²) in [6.45, 7) is 9.96. The van der Waals surface area contributed by atoms with Crippen molar-refractivity contribution in [2.24, 2.45) is 7.05 Å². The SMILES string of the molecule is CC[C@H](CNc1nc2c(s1)c(C)nn2C)N1CCN(C)CC1. The molecule has 7 heteroatoms. The summed E-state index contributed by atoms with van der Waals surface area (Å²) in [6.07, 6.45) is 1.17. The van der Waals surface area contributed by atoms with E-state index in [0.717, 1.165) is 23.0 Å². The molecule has 1 aliphatic rings. The highest BCUT2D eigenvalue weighted by molar-refractivity contribution is 7.22.